The Kier molecular flexibility index (Phi) is 2.89. The average molecular weight is 243 g/mol. The largest absolute Gasteiger partial charge is 0.339 e. The topological polar surface area (TPSA) is 46.9 Å². The molecule has 1 heterocycles. The third-order valence-electron chi connectivity index (χ3n) is 2.94. The fraction of sp³-hybridized carbons (Fsp3) is 0.636. The molecule has 1 aliphatic carbocycles. The van der Waals surface area contributed by atoms with Gasteiger partial charge in [-0.2, -0.15) is 5.10 Å². The van der Waals surface area contributed by atoms with Crippen LogP contribution in [-0.4, -0.2) is 27.7 Å². The van der Waals surface area contributed by atoms with Crippen LogP contribution in [0.5, 0.6) is 0 Å². The standard InChI is InChI=1S/C11H15F2N3O/c1-7(2)16-6-3-8(15-16)9(17)14-11(4-5-11)10(12)13/h3,6-7,10H,4-5H2,1-2H3,(H,14,17). The molecule has 6 heteroatoms. The third kappa shape index (κ3) is 2.30. The Morgan fingerprint density at radius 3 is 2.59 bits per heavy atom. The van der Waals surface area contributed by atoms with Gasteiger partial charge in [0.05, 0.1) is 0 Å². The first kappa shape index (κ1) is 12.0. The lowest BCUT2D eigenvalue weighted by atomic mass is 10.2. The number of alkyl halides is 2. The van der Waals surface area contributed by atoms with Crippen LogP contribution in [0.4, 0.5) is 8.78 Å². The highest BCUT2D eigenvalue weighted by atomic mass is 19.3. The molecular weight excluding hydrogens is 228 g/mol. The molecule has 1 aromatic rings. The van der Waals surface area contributed by atoms with Gasteiger partial charge in [0.15, 0.2) is 0 Å². The van der Waals surface area contributed by atoms with Crippen molar-refractivity contribution in [1.29, 1.82) is 0 Å². The molecule has 0 atom stereocenters. The first-order valence-electron chi connectivity index (χ1n) is 5.60. The molecule has 1 aliphatic rings. The molecule has 1 saturated carbocycles. The maximum atomic E-state index is 12.6. The maximum Gasteiger partial charge on any atom is 0.272 e. The summed E-state index contributed by atoms with van der Waals surface area (Å²) in [6, 6.07) is 1.68. The summed E-state index contributed by atoms with van der Waals surface area (Å²) >= 11 is 0. The minimum Gasteiger partial charge on any atom is -0.339 e. The summed E-state index contributed by atoms with van der Waals surface area (Å²) in [5.41, 5.74) is -1.12. The summed E-state index contributed by atoms with van der Waals surface area (Å²) < 4.78 is 26.9. The van der Waals surface area contributed by atoms with Crippen LogP contribution in [0.3, 0.4) is 0 Å². The predicted molar refractivity (Wildman–Crippen MR) is 58.0 cm³/mol. The normalized spacial score (nSPS) is 17.5. The predicted octanol–water partition coefficient (Wildman–Crippen LogP) is 1.99. The highest BCUT2D eigenvalue weighted by molar-refractivity contribution is 5.93. The van der Waals surface area contributed by atoms with Crippen LogP contribution in [-0.2, 0) is 0 Å². The van der Waals surface area contributed by atoms with Gasteiger partial charge in [-0.25, -0.2) is 8.78 Å². The summed E-state index contributed by atoms with van der Waals surface area (Å²) in [5, 5.41) is 6.41. The molecule has 1 aromatic heterocycles. The van der Waals surface area contributed by atoms with Crippen molar-refractivity contribution in [2.75, 3.05) is 0 Å². The van der Waals surface area contributed by atoms with E-state index in [-0.39, 0.29) is 11.7 Å². The molecule has 0 spiro atoms. The van der Waals surface area contributed by atoms with Gasteiger partial charge in [-0.3, -0.25) is 9.48 Å². The van der Waals surface area contributed by atoms with E-state index in [4.69, 9.17) is 0 Å². The Balaban J connectivity index is 2.05. The number of carbonyl (C=O) groups is 1. The first-order chi connectivity index (χ1) is 7.94. The molecule has 0 aliphatic heterocycles. The van der Waals surface area contributed by atoms with Crippen molar-refractivity contribution in [2.45, 2.75) is 44.7 Å². The van der Waals surface area contributed by atoms with Crippen LogP contribution in [0, 0.1) is 0 Å². The second-order valence-electron chi connectivity index (χ2n) is 4.69. The number of amides is 1. The molecule has 0 saturated heterocycles. The van der Waals surface area contributed by atoms with E-state index >= 15 is 0 Å². The van der Waals surface area contributed by atoms with Crippen LogP contribution < -0.4 is 5.32 Å². The molecule has 1 N–H and O–H groups in total. The summed E-state index contributed by atoms with van der Waals surface area (Å²) in [7, 11) is 0. The van der Waals surface area contributed by atoms with Crippen molar-refractivity contribution in [3.8, 4) is 0 Å². The molecule has 4 nitrogen and oxygen atoms in total. The number of aromatic nitrogens is 2. The molecule has 0 radical (unpaired) electrons. The van der Waals surface area contributed by atoms with Gasteiger partial charge in [0.1, 0.15) is 11.2 Å². The lowest BCUT2D eigenvalue weighted by Gasteiger charge is -2.15. The highest BCUT2D eigenvalue weighted by Crippen LogP contribution is 2.41. The molecular formula is C11H15F2N3O. The summed E-state index contributed by atoms with van der Waals surface area (Å²) in [6.07, 6.45) is -0.178. The number of nitrogens with zero attached hydrogens (tertiary/aromatic N) is 2. The number of halogens is 2. The quantitative estimate of drug-likeness (QED) is 0.879. The Morgan fingerprint density at radius 1 is 1.53 bits per heavy atom. The van der Waals surface area contributed by atoms with Crippen LogP contribution >= 0.6 is 0 Å². The zero-order chi connectivity index (χ0) is 12.6. The average Bonchev–Trinajstić information content (AvgIpc) is 2.87. The molecule has 94 valence electrons. The Labute approximate surface area is 98.0 Å². The fourth-order valence-corrected chi connectivity index (χ4v) is 1.57. The van der Waals surface area contributed by atoms with Crippen LogP contribution in [0.15, 0.2) is 12.3 Å². The second kappa shape index (κ2) is 4.09. The third-order valence-corrected chi connectivity index (χ3v) is 2.94. The van der Waals surface area contributed by atoms with Gasteiger partial charge in [0, 0.05) is 12.2 Å². The van der Waals surface area contributed by atoms with Crippen LogP contribution in [0.25, 0.3) is 0 Å². The number of nitrogens with one attached hydrogen (secondary N) is 1. The number of carbonyl (C=O) groups excluding carboxylic acids is 1. The van der Waals surface area contributed by atoms with E-state index < -0.39 is 17.9 Å². The zero-order valence-electron chi connectivity index (χ0n) is 9.78. The van der Waals surface area contributed by atoms with Crippen molar-refractivity contribution in [1.82, 2.24) is 15.1 Å². The number of hydrogen-bond acceptors (Lipinski definition) is 2. The second-order valence-corrected chi connectivity index (χ2v) is 4.69. The fourth-order valence-electron chi connectivity index (χ4n) is 1.57. The van der Waals surface area contributed by atoms with E-state index in [0.717, 1.165) is 0 Å². The number of rotatable bonds is 4. The van der Waals surface area contributed by atoms with Gasteiger partial charge in [-0.1, -0.05) is 0 Å². The van der Waals surface area contributed by atoms with Gasteiger partial charge >= 0.3 is 0 Å². The monoisotopic (exact) mass is 243 g/mol. The van der Waals surface area contributed by atoms with Crippen molar-refractivity contribution >= 4 is 5.91 Å². The van der Waals surface area contributed by atoms with Crippen LogP contribution in [0.2, 0.25) is 0 Å². The van der Waals surface area contributed by atoms with E-state index in [1.165, 1.54) is 6.07 Å². The summed E-state index contributed by atoms with van der Waals surface area (Å²) in [5.74, 6) is -0.526. The van der Waals surface area contributed by atoms with Crippen LogP contribution in [0.1, 0.15) is 43.2 Å². The van der Waals surface area contributed by atoms with E-state index in [0.29, 0.717) is 12.8 Å². The Bertz CT molecular complexity index is 424. The molecule has 2 rings (SSSR count). The molecule has 1 amide bonds. The molecule has 17 heavy (non-hydrogen) atoms. The minimum absolute atomic E-state index is 0.140. The van der Waals surface area contributed by atoms with Gasteiger partial charge in [0.25, 0.3) is 12.3 Å². The van der Waals surface area contributed by atoms with E-state index in [1.54, 1.807) is 10.9 Å². The molecule has 0 unspecified atom stereocenters. The summed E-state index contributed by atoms with van der Waals surface area (Å²) in [6.45, 7) is 3.85. The van der Waals surface area contributed by atoms with Gasteiger partial charge in [-0.15, -0.1) is 0 Å². The zero-order valence-corrected chi connectivity index (χ0v) is 9.78. The first-order valence-corrected chi connectivity index (χ1v) is 5.60. The van der Waals surface area contributed by atoms with Crippen molar-refractivity contribution in [3.05, 3.63) is 18.0 Å². The van der Waals surface area contributed by atoms with Crippen molar-refractivity contribution in [2.24, 2.45) is 0 Å². The molecule has 0 aromatic carbocycles. The lowest BCUT2D eigenvalue weighted by molar-refractivity contribution is 0.0676. The van der Waals surface area contributed by atoms with Gasteiger partial charge < -0.3 is 5.32 Å². The summed E-state index contributed by atoms with van der Waals surface area (Å²) in [4.78, 5) is 11.7. The molecule has 0 bridgehead atoms. The minimum atomic E-state index is -2.52. The Hall–Kier alpha value is -1.46. The lowest BCUT2D eigenvalue weighted by Crippen LogP contribution is -2.42. The molecule has 1 fully saturated rings. The van der Waals surface area contributed by atoms with Crippen molar-refractivity contribution in [3.63, 3.8) is 0 Å². The van der Waals surface area contributed by atoms with Crippen molar-refractivity contribution < 1.29 is 13.6 Å². The van der Waals surface area contributed by atoms with E-state index in [1.807, 2.05) is 13.8 Å². The SMILES string of the molecule is CC(C)n1ccc(C(=O)NC2(C(F)F)CC2)n1. The van der Waals surface area contributed by atoms with E-state index in [9.17, 15) is 13.6 Å². The Morgan fingerprint density at radius 2 is 2.18 bits per heavy atom. The smallest absolute Gasteiger partial charge is 0.272 e. The maximum absolute atomic E-state index is 12.6. The van der Waals surface area contributed by atoms with Gasteiger partial charge in [0.2, 0.25) is 0 Å². The highest BCUT2D eigenvalue weighted by Gasteiger charge is 2.52. The van der Waals surface area contributed by atoms with Gasteiger partial charge in [-0.05, 0) is 32.8 Å². The number of hydrogen-bond donors (Lipinski definition) is 1. The van der Waals surface area contributed by atoms with E-state index in [2.05, 4.69) is 10.4 Å².